The lowest BCUT2D eigenvalue weighted by atomic mass is 9.88. The summed E-state index contributed by atoms with van der Waals surface area (Å²) in [5.41, 5.74) is 0.534. The van der Waals surface area contributed by atoms with Crippen LogP contribution in [0.4, 0.5) is 9.18 Å². The van der Waals surface area contributed by atoms with Crippen LogP contribution in [0, 0.1) is 17.7 Å². The SMILES string of the molecule is CC(C)CCNC(=O)C1CN(C(=O)NC(C)(C)C)CC1c1ccc(F)cc1. The quantitative estimate of drug-likeness (QED) is 0.825. The van der Waals surface area contributed by atoms with Crippen molar-refractivity contribution in [1.82, 2.24) is 15.5 Å². The second-order valence-electron chi connectivity index (χ2n) is 8.82. The van der Waals surface area contributed by atoms with Gasteiger partial charge in [-0.3, -0.25) is 4.79 Å². The van der Waals surface area contributed by atoms with E-state index >= 15 is 0 Å². The van der Waals surface area contributed by atoms with Crippen LogP contribution in [0.15, 0.2) is 24.3 Å². The first-order chi connectivity index (χ1) is 12.6. The molecule has 0 aromatic heterocycles. The highest BCUT2D eigenvalue weighted by molar-refractivity contribution is 5.83. The topological polar surface area (TPSA) is 61.4 Å². The zero-order valence-corrected chi connectivity index (χ0v) is 17.0. The van der Waals surface area contributed by atoms with Crippen LogP contribution < -0.4 is 10.6 Å². The Bertz CT molecular complexity index is 652. The first kappa shape index (κ1) is 21.2. The molecule has 1 saturated heterocycles. The largest absolute Gasteiger partial charge is 0.356 e. The van der Waals surface area contributed by atoms with Gasteiger partial charge in [0.15, 0.2) is 0 Å². The van der Waals surface area contributed by atoms with Crippen molar-refractivity contribution in [2.24, 2.45) is 11.8 Å². The molecule has 0 bridgehead atoms. The first-order valence-corrected chi connectivity index (χ1v) is 9.67. The van der Waals surface area contributed by atoms with E-state index in [1.54, 1.807) is 17.0 Å². The van der Waals surface area contributed by atoms with Crippen LogP contribution in [0.25, 0.3) is 0 Å². The van der Waals surface area contributed by atoms with Gasteiger partial charge in [0.1, 0.15) is 5.82 Å². The Hall–Kier alpha value is -2.11. The summed E-state index contributed by atoms with van der Waals surface area (Å²) in [6, 6.07) is 6.05. The molecule has 1 aromatic carbocycles. The molecular formula is C21H32FN3O2. The van der Waals surface area contributed by atoms with Crippen molar-refractivity contribution in [2.45, 2.75) is 52.5 Å². The fourth-order valence-corrected chi connectivity index (χ4v) is 3.30. The maximum atomic E-state index is 13.3. The molecule has 0 spiro atoms. The number of hydrogen-bond donors (Lipinski definition) is 2. The summed E-state index contributed by atoms with van der Waals surface area (Å²) in [5, 5.41) is 5.96. The fraction of sp³-hybridized carbons (Fsp3) is 0.619. The Labute approximate surface area is 161 Å². The third kappa shape index (κ3) is 6.22. The molecule has 2 rings (SSSR count). The number of halogens is 1. The predicted molar refractivity (Wildman–Crippen MR) is 105 cm³/mol. The van der Waals surface area contributed by atoms with Crippen molar-refractivity contribution in [3.8, 4) is 0 Å². The molecule has 0 aliphatic carbocycles. The summed E-state index contributed by atoms with van der Waals surface area (Å²) in [4.78, 5) is 27.1. The van der Waals surface area contributed by atoms with Gasteiger partial charge in [-0.25, -0.2) is 9.18 Å². The molecule has 0 saturated carbocycles. The molecule has 1 heterocycles. The Morgan fingerprint density at radius 1 is 1.19 bits per heavy atom. The van der Waals surface area contributed by atoms with E-state index in [4.69, 9.17) is 0 Å². The van der Waals surface area contributed by atoms with E-state index in [-0.39, 0.29) is 35.1 Å². The molecule has 3 amide bonds. The van der Waals surface area contributed by atoms with Crippen molar-refractivity contribution < 1.29 is 14.0 Å². The van der Waals surface area contributed by atoms with E-state index in [0.29, 0.717) is 25.6 Å². The minimum Gasteiger partial charge on any atom is -0.356 e. The number of urea groups is 1. The molecular weight excluding hydrogens is 345 g/mol. The lowest BCUT2D eigenvalue weighted by Crippen LogP contribution is -2.48. The van der Waals surface area contributed by atoms with Gasteiger partial charge in [-0.05, 0) is 50.8 Å². The number of rotatable bonds is 5. The summed E-state index contributed by atoms with van der Waals surface area (Å²) in [6.07, 6.45) is 0.911. The molecule has 2 unspecified atom stereocenters. The Morgan fingerprint density at radius 2 is 1.81 bits per heavy atom. The second-order valence-corrected chi connectivity index (χ2v) is 8.82. The molecule has 1 aromatic rings. The molecule has 1 fully saturated rings. The highest BCUT2D eigenvalue weighted by Crippen LogP contribution is 2.33. The molecule has 1 aliphatic rings. The number of nitrogens with one attached hydrogen (secondary N) is 2. The maximum absolute atomic E-state index is 13.3. The monoisotopic (exact) mass is 377 g/mol. The van der Waals surface area contributed by atoms with Gasteiger partial charge in [0.05, 0.1) is 5.92 Å². The van der Waals surface area contributed by atoms with Gasteiger partial charge in [0, 0.05) is 31.1 Å². The summed E-state index contributed by atoms with van der Waals surface area (Å²) in [5.74, 6) is -0.326. The van der Waals surface area contributed by atoms with Crippen molar-refractivity contribution in [3.05, 3.63) is 35.6 Å². The Morgan fingerprint density at radius 3 is 2.37 bits per heavy atom. The number of carbonyl (C=O) groups is 2. The molecule has 27 heavy (non-hydrogen) atoms. The van der Waals surface area contributed by atoms with Gasteiger partial charge in [-0.1, -0.05) is 26.0 Å². The standard InChI is InChI=1S/C21H32FN3O2/c1-14(2)10-11-23-19(26)18-13-25(20(27)24-21(3,4)5)12-17(18)15-6-8-16(22)9-7-15/h6-9,14,17-18H,10-13H2,1-5H3,(H,23,26)(H,24,27). The fourth-order valence-electron chi connectivity index (χ4n) is 3.30. The van der Waals surface area contributed by atoms with Gasteiger partial charge in [-0.2, -0.15) is 0 Å². The van der Waals surface area contributed by atoms with Crippen molar-refractivity contribution in [2.75, 3.05) is 19.6 Å². The van der Waals surface area contributed by atoms with Gasteiger partial charge in [0.25, 0.3) is 0 Å². The summed E-state index contributed by atoms with van der Waals surface area (Å²) in [6.45, 7) is 11.4. The number of carbonyl (C=O) groups excluding carboxylic acids is 2. The van der Waals surface area contributed by atoms with E-state index in [1.807, 2.05) is 20.8 Å². The zero-order valence-electron chi connectivity index (χ0n) is 17.0. The third-order valence-corrected chi connectivity index (χ3v) is 4.74. The maximum Gasteiger partial charge on any atom is 0.317 e. The van der Waals surface area contributed by atoms with Gasteiger partial charge in [0.2, 0.25) is 5.91 Å². The molecule has 2 atom stereocenters. The van der Waals surface area contributed by atoms with E-state index in [1.165, 1.54) is 12.1 Å². The van der Waals surface area contributed by atoms with Crippen LogP contribution in [0.3, 0.4) is 0 Å². The normalized spacial score (nSPS) is 20.0. The van der Waals surface area contributed by atoms with Gasteiger partial charge in [-0.15, -0.1) is 0 Å². The van der Waals surface area contributed by atoms with Crippen molar-refractivity contribution in [3.63, 3.8) is 0 Å². The molecule has 150 valence electrons. The van der Waals surface area contributed by atoms with Crippen LogP contribution in [-0.2, 0) is 4.79 Å². The van der Waals surface area contributed by atoms with E-state index < -0.39 is 0 Å². The molecule has 2 N–H and O–H groups in total. The van der Waals surface area contributed by atoms with Gasteiger partial charge >= 0.3 is 6.03 Å². The Balaban J connectivity index is 2.15. The van der Waals surface area contributed by atoms with Crippen molar-refractivity contribution >= 4 is 11.9 Å². The smallest absolute Gasteiger partial charge is 0.317 e. The first-order valence-electron chi connectivity index (χ1n) is 9.67. The molecule has 0 radical (unpaired) electrons. The second kappa shape index (κ2) is 8.72. The highest BCUT2D eigenvalue weighted by atomic mass is 19.1. The average molecular weight is 378 g/mol. The molecule has 5 nitrogen and oxygen atoms in total. The molecule has 6 heteroatoms. The summed E-state index contributed by atoms with van der Waals surface area (Å²) in [7, 11) is 0. The lowest BCUT2D eigenvalue weighted by molar-refractivity contribution is -0.124. The number of benzene rings is 1. The average Bonchev–Trinajstić information content (AvgIpc) is 2.99. The number of likely N-dealkylation sites (tertiary alicyclic amines) is 1. The van der Waals surface area contributed by atoms with E-state index in [2.05, 4.69) is 24.5 Å². The predicted octanol–water partition coefficient (Wildman–Crippen LogP) is 3.51. The Kier molecular flexibility index (Phi) is 6.84. The minimum absolute atomic E-state index is 0.0453. The van der Waals surface area contributed by atoms with E-state index in [9.17, 15) is 14.0 Å². The van der Waals surface area contributed by atoms with Crippen LogP contribution in [0.2, 0.25) is 0 Å². The van der Waals surface area contributed by atoms with Gasteiger partial charge < -0.3 is 15.5 Å². The van der Waals surface area contributed by atoms with E-state index in [0.717, 1.165) is 12.0 Å². The number of hydrogen-bond acceptors (Lipinski definition) is 2. The number of amides is 3. The summed E-state index contributed by atoms with van der Waals surface area (Å²) < 4.78 is 13.3. The third-order valence-electron chi connectivity index (χ3n) is 4.74. The van der Waals surface area contributed by atoms with Crippen LogP contribution in [0.1, 0.15) is 52.5 Å². The number of nitrogens with zero attached hydrogens (tertiary/aromatic N) is 1. The van der Waals surface area contributed by atoms with Crippen LogP contribution in [0.5, 0.6) is 0 Å². The van der Waals surface area contributed by atoms with Crippen LogP contribution >= 0.6 is 0 Å². The van der Waals surface area contributed by atoms with Crippen molar-refractivity contribution in [1.29, 1.82) is 0 Å². The minimum atomic E-state index is -0.347. The molecule has 1 aliphatic heterocycles. The van der Waals surface area contributed by atoms with Crippen LogP contribution in [-0.4, -0.2) is 42.0 Å². The lowest BCUT2D eigenvalue weighted by Gasteiger charge is -2.25. The zero-order chi connectivity index (χ0) is 20.2. The highest BCUT2D eigenvalue weighted by Gasteiger charge is 2.40. The summed E-state index contributed by atoms with van der Waals surface area (Å²) >= 11 is 0.